The average Bonchev–Trinajstić information content (AvgIpc) is 2.08. The van der Waals surface area contributed by atoms with E-state index in [2.05, 4.69) is 0 Å². The summed E-state index contributed by atoms with van der Waals surface area (Å²) in [7, 11) is -3.80. The van der Waals surface area contributed by atoms with Crippen molar-refractivity contribution in [1.82, 2.24) is 4.31 Å². The van der Waals surface area contributed by atoms with Gasteiger partial charge in [0, 0.05) is 6.54 Å². The van der Waals surface area contributed by atoms with Crippen molar-refractivity contribution < 1.29 is 21.6 Å². The number of halogens is 3. The summed E-state index contributed by atoms with van der Waals surface area (Å²) in [5.41, 5.74) is 0. The van der Waals surface area contributed by atoms with Crippen LogP contribution in [0.1, 0.15) is 26.7 Å². The molecule has 0 radical (unpaired) electrons. The summed E-state index contributed by atoms with van der Waals surface area (Å²) in [4.78, 5) is 0. The van der Waals surface area contributed by atoms with Crippen LogP contribution in [0.15, 0.2) is 0 Å². The molecule has 0 heterocycles. The van der Waals surface area contributed by atoms with Crippen LogP contribution in [0.4, 0.5) is 13.2 Å². The molecule has 0 aromatic carbocycles. The zero-order valence-corrected chi connectivity index (χ0v) is 10.5. The van der Waals surface area contributed by atoms with Crippen molar-refractivity contribution >= 4 is 10.0 Å². The van der Waals surface area contributed by atoms with Crippen LogP contribution in [-0.2, 0) is 10.0 Å². The number of sulfonamides is 1. The van der Waals surface area contributed by atoms with Gasteiger partial charge < -0.3 is 0 Å². The van der Waals surface area contributed by atoms with Crippen molar-refractivity contribution in [3.8, 4) is 0 Å². The first-order chi connectivity index (χ1) is 7.10. The molecule has 0 aromatic rings. The molecule has 0 N–H and O–H groups in total. The van der Waals surface area contributed by atoms with E-state index in [-0.39, 0.29) is 12.5 Å². The topological polar surface area (TPSA) is 37.4 Å². The molecule has 0 fully saturated rings. The van der Waals surface area contributed by atoms with E-state index in [1.54, 1.807) is 0 Å². The van der Waals surface area contributed by atoms with Crippen LogP contribution in [0.25, 0.3) is 0 Å². The minimum Gasteiger partial charge on any atom is -0.213 e. The first kappa shape index (κ1) is 15.7. The van der Waals surface area contributed by atoms with Gasteiger partial charge in [-0.25, -0.2) is 8.42 Å². The molecule has 0 aliphatic heterocycles. The molecule has 0 amide bonds. The van der Waals surface area contributed by atoms with E-state index in [1.165, 1.54) is 0 Å². The molecule has 0 saturated heterocycles. The van der Waals surface area contributed by atoms with Crippen LogP contribution < -0.4 is 0 Å². The minimum absolute atomic E-state index is 0.0305. The standard InChI is InChI=1S/C9H18F3NO2S/c1-4-8(5-2)6-13(16(3,14)15)7-9(10,11)12/h8H,4-7H2,1-3H3. The number of rotatable bonds is 6. The monoisotopic (exact) mass is 261 g/mol. The van der Waals surface area contributed by atoms with Gasteiger partial charge in [0.15, 0.2) is 0 Å². The second kappa shape index (κ2) is 5.86. The van der Waals surface area contributed by atoms with E-state index in [0.717, 1.165) is 6.26 Å². The van der Waals surface area contributed by atoms with Crippen molar-refractivity contribution in [3.05, 3.63) is 0 Å². The molecule has 0 aliphatic carbocycles. The van der Waals surface area contributed by atoms with E-state index in [4.69, 9.17) is 0 Å². The molecule has 98 valence electrons. The van der Waals surface area contributed by atoms with Crippen LogP contribution >= 0.6 is 0 Å². The maximum Gasteiger partial charge on any atom is 0.402 e. The van der Waals surface area contributed by atoms with Crippen LogP contribution in [0, 0.1) is 5.92 Å². The first-order valence-corrected chi connectivity index (χ1v) is 6.96. The Kier molecular flexibility index (Phi) is 5.75. The lowest BCUT2D eigenvalue weighted by molar-refractivity contribution is -0.137. The van der Waals surface area contributed by atoms with Crippen LogP contribution in [0.5, 0.6) is 0 Å². The SMILES string of the molecule is CCC(CC)CN(CC(F)(F)F)S(C)(=O)=O. The maximum atomic E-state index is 12.2. The lowest BCUT2D eigenvalue weighted by Gasteiger charge is -2.25. The lowest BCUT2D eigenvalue weighted by atomic mass is 10.0. The Morgan fingerprint density at radius 3 is 1.88 bits per heavy atom. The summed E-state index contributed by atoms with van der Waals surface area (Å²) < 4.78 is 59.5. The third-order valence-corrected chi connectivity index (χ3v) is 3.66. The second-order valence-electron chi connectivity index (χ2n) is 3.85. The van der Waals surface area contributed by atoms with E-state index in [0.29, 0.717) is 17.1 Å². The normalized spacial score (nSPS) is 13.8. The highest BCUT2D eigenvalue weighted by molar-refractivity contribution is 7.88. The number of hydrogen-bond donors (Lipinski definition) is 0. The van der Waals surface area contributed by atoms with Gasteiger partial charge in [-0.2, -0.15) is 17.5 Å². The molecule has 0 atom stereocenters. The summed E-state index contributed by atoms with van der Waals surface area (Å²) >= 11 is 0. The van der Waals surface area contributed by atoms with Crippen LogP contribution in [0.2, 0.25) is 0 Å². The molecule has 7 heteroatoms. The zero-order chi connectivity index (χ0) is 13.0. The number of alkyl halides is 3. The van der Waals surface area contributed by atoms with E-state index in [9.17, 15) is 21.6 Å². The number of nitrogens with zero attached hydrogens (tertiary/aromatic N) is 1. The Morgan fingerprint density at radius 2 is 1.62 bits per heavy atom. The average molecular weight is 261 g/mol. The zero-order valence-electron chi connectivity index (χ0n) is 9.71. The molecule has 0 unspecified atom stereocenters. The Balaban J connectivity index is 4.71. The molecule has 3 nitrogen and oxygen atoms in total. The van der Waals surface area contributed by atoms with Gasteiger partial charge >= 0.3 is 6.18 Å². The molecular formula is C9H18F3NO2S. The molecular weight excluding hydrogens is 243 g/mol. The van der Waals surface area contributed by atoms with Gasteiger partial charge in [0.2, 0.25) is 10.0 Å². The Hall–Kier alpha value is -0.300. The van der Waals surface area contributed by atoms with Gasteiger partial charge in [-0.15, -0.1) is 0 Å². The second-order valence-corrected chi connectivity index (χ2v) is 5.84. The van der Waals surface area contributed by atoms with E-state index in [1.807, 2.05) is 13.8 Å². The third-order valence-electron chi connectivity index (χ3n) is 2.44. The van der Waals surface area contributed by atoms with Crippen molar-refractivity contribution in [3.63, 3.8) is 0 Å². The van der Waals surface area contributed by atoms with Crippen LogP contribution in [0.3, 0.4) is 0 Å². The molecule has 0 aromatic heterocycles. The summed E-state index contributed by atoms with van der Waals surface area (Å²) in [6, 6.07) is 0. The molecule has 0 saturated carbocycles. The summed E-state index contributed by atoms with van der Waals surface area (Å²) in [5.74, 6) is -0.0305. The number of hydrogen-bond acceptors (Lipinski definition) is 2. The fourth-order valence-corrected chi connectivity index (χ4v) is 2.21. The highest BCUT2D eigenvalue weighted by Crippen LogP contribution is 2.20. The van der Waals surface area contributed by atoms with Gasteiger partial charge in [0.05, 0.1) is 6.26 Å². The Labute approximate surface area is 94.7 Å². The summed E-state index contributed by atoms with van der Waals surface area (Å²) in [5, 5.41) is 0. The van der Waals surface area contributed by atoms with E-state index >= 15 is 0 Å². The third kappa shape index (κ3) is 6.32. The Morgan fingerprint density at radius 1 is 1.19 bits per heavy atom. The van der Waals surface area contributed by atoms with Crippen LogP contribution in [-0.4, -0.2) is 38.2 Å². The van der Waals surface area contributed by atoms with Crippen molar-refractivity contribution in [2.75, 3.05) is 19.3 Å². The fraction of sp³-hybridized carbons (Fsp3) is 1.00. The van der Waals surface area contributed by atoms with Gasteiger partial charge in [-0.3, -0.25) is 0 Å². The van der Waals surface area contributed by atoms with Gasteiger partial charge in [0.1, 0.15) is 6.54 Å². The molecule has 0 rings (SSSR count). The molecule has 0 bridgehead atoms. The molecule has 16 heavy (non-hydrogen) atoms. The van der Waals surface area contributed by atoms with Gasteiger partial charge in [-0.05, 0) is 5.92 Å². The summed E-state index contributed by atoms with van der Waals surface area (Å²) in [6.45, 7) is 2.21. The maximum absolute atomic E-state index is 12.2. The van der Waals surface area contributed by atoms with Gasteiger partial charge in [-0.1, -0.05) is 26.7 Å². The largest absolute Gasteiger partial charge is 0.402 e. The van der Waals surface area contributed by atoms with Crippen molar-refractivity contribution in [2.45, 2.75) is 32.9 Å². The molecule has 0 spiro atoms. The predicted octanol–water partition coefficient (Wildman–Crippen LogP) is 2.25. The highest BCUT2D eigenvalue weighted by Gasteiger charge is 2.35. The smallest absolute Gasteiger partial charge is 0.213 e. The first-order valence-electron chi connectivity index (χ1n) is 5.12. The van der Waals surface area contributed by atoms with Crippen molar-refractivity contribution in [1.29, 1.82) is 0 Å². The highest BCUT2D eigenvalue weighted by atomic mass is 32.2. The predicted molar refractivity (Wildman–Crippen MR) is 56.5 cm³/mol. The minimum atomic E-state index is -4.49. The van der Waals surface area contributed by atoms with E-state index < -0.39 is 22.7 Å². The molecule has 0 aliphatic rings. The quantitative estimate of drug-likeness (QED) is 0.735. The lowest BCUT2D eigenvalue weighted by Crippen LogP contribution is -2.41. The Bertz CT molecular complexity index is 296. The van der Waals surface area contributed by atoms with Gasteiger partial charge in [0.25, 0.3) is 0 Å². The van der Waals surface area contributed by atoms with Crippen molar-refractivity contribution in [2.24, 2.45) is 5.92 Å². The fourth-order valence-electron chi connectivity index (χ4n) is 1.35. The summed E-state index contributed by atoms with van der Waals surface area (Å²) in [6.07, 6.45) is -2.35.